The number of benzene rings is 1. The number of nitrogens with zero attached hydrogens (tertiary/aromatic N) is 2. The highest BCUT2D eigenvalue weighted by Crippen LogP contribution is 2.35. The Morgan fingerprint density at radius 2 is 1.63 bits per heavy atom. The number of carbonyl (C=O) groups is 1. The first kappa shape index (κ1) is 14.1. The Labute approximate surface area is 124 Å². The van der Waals surface area contributed by atoms with Gasteiger partial charge in [0.1, 0.15) is 0 Å². The summed E-state index contributed by atoms with van der Waals surface area (Å²) in [5, 5.41) is 9.75. The van der Waals surface area contributed by atoms with Crippen LogP contribution in [0.5, 0.6) is 0 Å². The maximum absolute atomic E-state index is 10.6. The maximum atomic E-state index is 10.6. The van der Waals surface area contributed by atoms with Crippen molar-refractivity contribution in [3.63, 3.8) is 0 Å². The quantitative estimate of drug-likeness (QED) is 0.937. The highest BCUT2D eigenvalue weighted by molar-refractivity contribution is 6.41. The Morgan fingerprint density at radius 3 is 2.11 bits per heavy atom. The zero-order chi connectivity index (χ0) is 14.0. The van der Waals surface area contributed by atoms with Gasteiger partial charge in [-0.3, -0.25) is 4.79 Å². The van der Waals surface area contributed by atoms with Gasteiger partial charge in [-0.25, -0.2) is 9.97 Å². The van der Waals surface area contributed by atoms with E-state index < -0.39 is 5.97 Å². The molecule has 0 aliphatic rings. The number of hydrogen-bond donors (Lipinski definition) is 1. The number of carboxylic acid groups (broad SMARTS) is 1. The number of carboxylic acids is 1. The topological polar surface area (TPSA) is 63.1 Å². The molecular weight excluding hydrogens is 311 g/mol. The Kier molecular flexibility index (Phi) is 4.24. The Balaban J connectivity index is 2.40. The highest BCUT2D eigenvalue weighted by Gasteiger charge is 2.13. The molecule has 7 heteroatoms. The van der Waals surface area contributed by atoms with Crippen LogP contribution in [-0.2, 0) is 11.2 Å². The molecule has 0 saturated heterocycles. The largest absolute Gasteiger partial charge is 0.481 e. The molecule has 0 radical (unpaired) electrons. The van der Waals surface area contributed by atoms with Crippen LogP contribution in [0.2, 0.25) is 15.1 Å². The van der Waals surface area contributed by atoms with Crippen molar-refractivity contribution in [2.45, 2.75) is 6.42 Å². The molecule has 0 saturated carbocycles. The average Bonchev–Trinajstić information content (AvgIpc) is 2.29. The third-order valence-corrected chi connectivity index (χ3v) is 3.11. The normalized spacial score (nSPS) is 10.5. The van der Waals surface area contributed by atoms with E-state index in [0.717, 1.165) is 0 Å². The van der Waals surface area contributed by atoms with Crippen LogP contribution in [0.25, 0.3) is 11.4 Å². The molecule has 0 aliphatic heterocycles. The summed E-state index contributed by atoms with van der Waals surface area (Å²) in [6.07, 6.45) is 2.72. The SMILES string of the molecule is O=C(O)Cc1cnc(-c2c(Cl)cc(Cl)cc2Cl)nc1. The van der Waals surface area contributed by atoms with Gasteiger partial charge in [-0.05, 0) is 17.7 Å². The summed E-state index contributed by atoms with van der Waals surface area (Å²) < 4.78 is 0. The van der Waals surface area contributed by atoms with Crippen LogP contribution >= 0.6 is 34.8 Å². The van der Waals surface area contributed by atoms with Crippen molar-refractivity contribution < 1.29 is 9.90 Å². The Bertz CT molecular complexity index is 606. The van der Waals surface area contributed by atoms with E-state index >= 15 is 0 Å². The summed E-state index contributed by atoms with van der Waals surface area (Å²) in [6.45, 7) is 0. The number of aliphatic carboxylic acids is 1. The maximum Gasteiger partial charge on any atom is 0.307 e. The number of hydrogen-bond acceptors (Lipinski definition) is 3. The second-order valence-electron chi connectivity index (χ2n) is 3.73. The predicted molar refractivity (Wildman–Crippen MR) is 73.8 cm³/mol. The molecule has 0 spiro atoms. The molecule has 4 nitrogen and oxygen atoms in total. The van der Waals surface area contributed by atoms with Gasteiger partial charge in [0.2, 0.25) is 0 Å². The second kappa shape index (κ2) is 5.74. The van der Waals surface area contributed by atoms with Crippen molar-refractivity contribution >= 4 is 40.8 Å². The van der Waals surface area contributed by atoms with Crippen LogP contribution in [-0.4, -0.2) is 21.0 Å². The number of halogens is 3. The summed E-state index contributed by atoms with van der Waals surface area (Å²) in [6, 6.07) is 3.08. The summed E-state index contributed by atoms with van der Waals surface area (Å²) >= 11 is 17.9. The fraction of sp³-hybridized carbons (Fsp3) is 0.0833. The zero-order valence-electron chi connectivity index (χ0n) is 9.40. The fourth-order valence-corrected chi connectivity index (χ4v) is 2.49. The lowest BCUT2D eigenvalue weighted by atomic mass is 10.2. The molecular formula is C12H7Cl3N2O2. The minimum absolute atomic E-state index is 0.137. The lowest BCUT2D eigenvalue weighted by Crippen LogP contribution is -2.02. The minimum Gasteiger partial charge on any atom is -0.481 e. The molecule has 0 bridgehead atoms. The van der Waals surface area contributed by atoms with Crippen LogP contribution in [0.4, 0.5) is 0 Å². The number of rotatable bonds is 3. The smallest absolute Gasteiger partial charge is 0.307 e. The van der Waals surface area contributed by atoms with Gasteiger partial charge in [0.25, 0.3) is 0 Å². The fourth-order valence-electron chi connectivity index (χ4n) is 1.51. The van der Waals surface area contributed by atoms with E-state index in [1.54, 1.807) is 12.1 Å². The van der Waals surface area contributed by atoms with E-state index in [4.69, 9.17) is 39.9 Å². The van der Waals surface area contributed by atoms with Crippen molar-refractivity contribution in [3.8, 4) is 11.4 Å². The molecule has 0 fully saturated rings. The first-order valence-corrected chi connectivity index (χ1v) is 6.28. The molecule has 1 aromatic heterocycles. The molecule has 0 unspecified atom stereocenters. The van der Waals surface area contributed by atoms with Gasteiger partial charge in [0, 0.05) is 17.4 Å². The summed E-state index contributed by atoms with van der Waals surface area (Å²) in [5.41, 5.74) is 0.965. The van der Waals surface area contributed by atoms with Gasteiger partial charge in [-0.1, -0.05) is 34.8 Å². The third kappa shape index (κ3) is 3.35. The third-order valence-electron chi connectivity index (χ3n) is 2.29. The van der Waals surface area contributed by atoms with Crippen LogP contribution < -0.4 is 0 Å². The van der Waals surface area contributed by atoms with Crippen LogP contribution in [0.1, 0.15) is 5.56 Å². The van der Waals surface area contributed by atoms with Crippen LogP contribution in [0.3, 0.4) is 0 Å². The second-order valence-corrected chi connectivity index (χ2v) is 4.98. The first-order valence-electron chi connectivity index (χ1n) is 5.15. The van der Waals surface area contributed by atoms with E-state index in [2.05, 4.69) is 9.97 Å². The molecule has 1 aromatic carbocycles. The zero-order valence-corrected chi connectivity index (χ0v) is 11.7. The predicted octanol–water partition coefficient (Wildman–Crippen LogP) is 3.73. The Morgan fingerprint density at radius 1 is 1.11 bits per heavy atom. The van der Waals surface area contributed by atoms with Gasteiger partial charge in [0.15, 0.2) is 5.82 Å². The van der Waals surface area contributed by atoms with Crippen LogP contribution in [0, 0.1) is 0 Å². The van der Waals surface area contributed by atoms with Gasteiger partial charge in [-0.2, -0.15) is 0 Å². The molecule has 2 rings (SSSR count). The van der Waals surface area contributed by atoms with Crippen molar-refractivity contribution in [1.29, 1.82) is 0 Å². The molecule has 98 valence electrons. The van der Waals surface area contributed by atoms with Gasteiger partial charge >= 0.3 is 5.97 Å². The molecule has 19 heavy (non-hydrogen) atoms. The minimum atomic E-state index is -0.945. The van der Waals surface area contributed by atoms with Gasteiger partial charge < -0.3 is 5.11 Å². The van der Waals surface area contributed by atoms with Crippen molar-refractivity contribution in [2.24, 2.45) is 0 Å². The van der Waals surface area contributed by atoms with Crippen molar-refractivity contribution in [2.75, 3.05) is 0 Å². The first-order chi connectivity index (χ1) is 8.97. The lowest BCUT2D eigenvalue weighted by molar-refractivity contribution is -0.136. The summed E-state index contributed by atoms with van der Waals surface area (Å²) in [4.78, 5) is 18.7. The standard InChI is InChI=1S/C12H7Cl3N2O2/c13-7-2-8(14)11(9(15)3-7)12-16-4-6(5-17-12)1-10(18)19/h2-5H,1H2,(H,18,19). The van der Waals surface area contributed by atoms with E-state index in [-0.39, 0.29) is 6.42 Å². The lowest BCUT2D eigenvalue weighted by Gasteiger charge is -2.06. The van der Waals surface area contributed by atoms with E-state index in [0.29, 0.717) is 32.0 Å². The molecule has 2 aromatic rings. The van der Waals surface area contributed by atoms with Gasteiger partial charge in [-0.15, -0.1) is 0 Å². The van der Waals surface area contributed by atoms with E-state index in [9.17, 15) is 4.79 Å². The molecule has 0 atom stereocenters. The van der Waals surface area contributed by atoms with E-state index in [1.165, 1.54) is 12.4 Å². The monoisotopic (exact) mass is 316 g/mol. The average molecular weight is 318 g/mol. The van der Waals surface area contributed by atoms with E-state index in [1.807, 2.05) is 0 Å². The Hall–Kier alpha value is -1.36. The number of aromatic nitrogens is 2. The molecule has 1 heterocycles. The molecule has 0 aliphatic carbocycles. The molecule has 0 amide bonds. The van der Waals surface area contributed by atoms with Crippen LogP contribution in [0.15, 0.2) is 24.5 Å². The summed E-state index contributed by atoms with van der Waals surface area (Å²) in [5.74, 6) is -0.625. The highest BCUT2D eigenvalue weighted by atomic mass is 35.5. The van der Waals surface area contributed by atoms with Crippen molar-refractivity contribution in [1.82, 2.24) is 9.97 Å². The van der Waals surface area contributed by atoms with Gasteiger partial charge in [0.05, 0.1) is 22.0 Å². The molecule has 1 N–H and O–H groups in total. The van der Waals surface area contributed by atoms with Crippen molar-refractivity contribution in [3.05, 3.63) is 45.2 Å². The summed E-state index contributed by atoms with van der Waals surface area (Å²) in [7, 11) is 0.